The molecule has 0 bridgehead atoms. The molecule has 1 heterocycles. The fourth-order valence-electron chi connectivity index (χ4n) is 1.32. The number of nitrogens with zero attached hydrogens (tertiary/aromatic N) is 1. The van der Waals surface area contributed by atoms with Gasteiger partial charge in [-0.2, -0.15) is 0 Å². The molecule has 0 saturated carbocycles. The highest BCUT2D eigenvalue weighted by Crippen LogP contribution is 2.17. The van der Waals surface area contributed by atoms with Gasteiger partial charge in [0, 0.05) is 19.8 Å². The van der Waals surface area contributed by atoms with E-state index in [2.05, 4.69) is 10.3 Å². The van der Waals surface area contributed by atoms with Crippen molar-refractivity contribution in [2.75, 3.05) is 24.8 Å². The molecule has 6 heteroatoms. The molecule has 1 amide bonds. The quantitative estimate of drug-likeness (QED) is 0.673. The molecule has 1 atom stereocenters. The van der Waals surface area contributed by atoms with Gasteiger partial charge >= 0.3 is 0 Å². The summed E-state index contributed by atoms with van der Waals surface area (Å²) >= 11 is 0. The second kappa shape index (κ2) is 6.05. The number of carbonyl (C=O) groups excluding carboxylic acids is 1. The van der Waals surface area contributed by atoms with Crippen LogP contribution in [0.4, 0.5) is 11.5 Å². The van der Waals surface area contributed by atoms with E-state index in [-0.39, 0.29) is 11.7 Å². The van der Waals surface area contributed by atoms with Gasteiger partial charge in [0.05, 0.1) is 5.69 Å². The van der Waals surface area contributed by atoms with Crippen molar-refractivity contribution in [3.05, 3.63) is 17.8 Å². The molecule has 17 heavy (non-hydrogen) atoms. The van der Waals surface area contributed by atoms with E-state index >= 15 is 0 Å². The fourth-order valence-corrected chi connectivity index (χ4v) is 1.32. The maximum absolute atomic E-state index is 11.0. The van der Waals surface area contributed by atoms with Gasteiger partial charge in [0.1, 0.15) is 11.5 Å². The van der Waals surface area contributed by atoms with E-state index in [1.54, 1.807) is 13.2 Å². The number of nitrogens with one attached hydrogen (secondary N) is 1. The van der Waals surface area contributed by atoms with E-state index in [1.165, 1.54) is 6.07 Å². The number of rotatable bonds is 6. The molecular weight excluding hydrogens is 220 g/mol. The van der Waals surface area contributed by atoms with Gasteiger partial charge in [-0.25, -0.2) is 4.98 Å². The zero-order chi connectivity index (χ0) is 12.8. The highest BCUT2D eigenvalue weighted by atomic mass is 16.5. The van der Waals surface area contributed by atoms with Gasteiger partial charge < -0.3 is 21.5 Å². The number of hydrogen-bond acceptors (Lipinski definition) is 5. The van der Waals surface area contributed by atoms with E-state index in [0.29, 0.717) is 18.1 Å². The Morgan fingerprint density at radius 3 is 2.88 bits per heavy atom. The molecule has 0 aliphatic heterocycles. The van der Waals surface area contributed by atoms with Crippen molar-refractivity contribution in [1.82, 2.24) is 4.98 Å². The van der Waals surface area contributed by atoms with Crippen LogP contribution in [0.1, 0.15) is 23.8 Å². The zero-order valence-electron chi connectivity index (χ0n) is 10.1. The van der Waals surface area contributed by atoms with Gasteiger partial charge in [-0.3, -0.25) is 4.79 Å². The summed E-state index contributed by atoms with van der Waals surface area (Å²) in [6.45, 7) is 2.63. The number of carbonyl (C=O) groups is 1. The first kappa shape index (κ1) is 13.2. The second-order valence-electron chi connectivity index (χ2n) is 3.83. The van der Waals surface area contributed by atoms with Crippen LogP contribution >= 0.6 is 0 Å². The van der Waals surface area contributed by atoms with Crippen LogP contribution in [-0.2, 0) is 4.74 Å². The minimum atomic E-state index is -0.572. The third-order valence-corrected chi connectivity index (χ3v) is 2.32. The molecule has 0 aliphatic rings. The van der Waals surface area contributed by atoms with Gasteiger partial charge in [-0.05, 0) is 25.5 Å². The van der Waals surface area contributed by atoms with Crippen LogP contribution in [0.15, 0.2) is 12.1 Å². The van der Waals surface area contributed by atoms with Crippen LogP contribution in [0, 0.1) is 0 Å². The Hall–Kier alpha value is -1.82. The Labute approximate surface area is 100 Å². The van der Waals surface area contributed by atoms with Gasteiger partial charge in [-0.1, -0.05) is 0 Å². The van der Waals surface area contributed by atoms with Crippen molar-refractivity contribution in [1.29, 1.82) is 0 Å². The average Bonchev–Trinajstić information content (AvgIpc) is 2.29. The van der Waals surface area contributed by atoms with Crippen LogP contribution in [0.25, 0.3) is 0 Å². The lowest BCUT2D eigenvalue weighted by molar-refractivity contribution is 0.0995. The summed E-state index contributed by atoms with van der Waals surface area (Å²) in [7, 11) is 1.65. The Bertz CT molecular complexity index is 395. The number of anilines is 2. The van der Waals surface area contributed by atoms with Gasteiger partial charge in [0.2, 0.25) is 0 Å². The van der Waals surface area contributed by atoms with E-state index < -0.39 is 5.91 Å². The predicted molar refractivity (Wildman–Crippen MR) is 66.7 cm³/mol. The number of hydrogen-bond donors (Lipinski definition) is 3. The molecule has 1 aromatic heterocycles. The summed E-state index contributed by atoms with van der Waals surface area (Å²) < 4.78 is 4.98. The number of nitrogen functional groups attached to an aromatic ring is 1. The molecule has 0 aliphatic carbocycles. The molecule has 94 valence electrons. The minimum Gasteiger partial charge on any atom is -0.396 e. The number of amides is 1. The van der Waals surface area contributed by atoms with Crippen molar-refractivity contribution in [2.45, 2.75) is 19.4 Å². The normalized spacial score (nSPS) is 12.1. The van der Waals surface area contributed by atoms with Gasteiger partial charge in [0.15, 0.2) is 0 Å². The van der Waals surface area contributed by atoms with E-state index in [9.17, 15) is 4.79 Å². The lowest BCUT2D eigenvalue weighted by Crippen LogP contribution is -2.21. The highest BCUT2D eigenvalue weighted by Gasteiger charge is 2.09. The first-order chi connectivity index (χ1) is 8.04. The fraction of sp³-hybridized carbons (Fsp3) is 0.455. The highest BCUT2D eigenvalue weighted by molar-refractivity contribution is 5.91. The topological polar surface area (TPSA) is 103 Å². The lowest BCUT2D eigenvalue weighted by atomic mass is 10.2. The number of nitrogens with two attached hydrogens (primary N) is 2. The van der Waals surface area contributed by atoms with Gasteiger partial charge in [0.25, 0.3) is 5.91 Å². The lowest BCUT2D eigenvalue weighted by Gasteiger charge is -2.15. The third-order valence-electron chi connectivity index (χ3n) is 2.32. The van der Waals surface area contributed by atoms with E-state index in [4.69, 9.17) is 16.2 Å². The molecule has 1 unspecified atom stereocenters. The summed E-state index contributed by atoms with van der Waals surface area (Å²) in [6.07, 6.45) is 0.818. The summed E-state index contributed by atoms with van der Waals surface area (Å²) in [5.41, 5.74) is 11.6. The zero-order valence-corrected chi connectivity index (χ0v) is 10.1. The molecule has 1 rings (SSSR count). The number of aromatic nitrogens is 1. The van der Waals surface area contributed by atoms with Crippen molar-refractivity contribution in [2.24, 2.45) is 5.73 Å². The van der Waals surface area contributed by atoms with Crippen molar-refractivity contribution >= 4 is 17.4 Å². The smallest absolute Gasteiger partial charge is 0.267 e. The minimum absolute atomic E-state index is 0.146. The maximum Gasteiger partial charge on any atom is 0.267 e. The Balaban J connectivity index is 2.75. The van der Waals surface area contributed by atoms with Crippen molar-refractivity contribution in [3.63, 3.8) is 0 Å². The molecule has 0 saturated heterocycles. The SMILES string of the molecule is COCCC(C)Nc1nc(C(N)=O)ccc1N. The van der Waals surface area contributed by atoms with E-state index in [0.717, 1.165) is 6.42 Å². The Morgan fingerprint density at radius 2 is 2.29 bits per heavy atom. The van der Waals surface area contributed by atoms with Crippen LogP contribution < -0.4 is 16.8 Å². The predicted octanol–water partition coefficient (Wildman–Crippen LogP) is 0.600. The second-order valence-corrected chi connectivity index (χ2v) is 3.83. The number of methoxy groups -OCH3 is 1. The summed E-state index contributed by atoms with van der Waals surface area (Å²) in [4.78, 5) is 15.1. The van der Waals surface area contributed by atoms with Crippen LogP contribution in [0.5, 0.6) is 0 Å². The maximum atomic E-state index is 11.0. The van der Waals surface area contributed by atoms with E-state index in [1.807, 2.05) is 6.92 Å². The molecule has 0 fully saturated rings. The molecule has 0 radical (unpaired) electrons. The first-order valence-corrected chi connectivity index (χ1v) is 5.36. The van der Waals surface area contributed by atoms with Gasteiger partial charge in [-0.15, -0.1) is 0 Å². The van der Waals surface area contributed by atoms with Crippen LogP contribution in [0.2, 0.25) is 0 Å². The molecule has 6 nitrogen and oxygen atoms in total. The summed E-state index contributed by atoms with van der Waals surface area (Å²) in [6, 6.07) is 3.26. The van der Waals surface area contributed by atoms with Crippen molar-refractivity contribution in [3.8, 4) is 0 Å². The number of ether oxygens (including phenoxy) is 1. The Morgan fingerprint density at radius 1 is 1.59 bits per heavy atom. The summed E-state index contributed by atoms with van der Waals surface area (Å²) in [5.74, 6) is -0.0949. The number of pyridine rings is 1. The first-order valence-electron chi connectivity index (χ1n) is 5.36. The molecule has 1 aromatic rings. The van der Waals surface area contributed by atoms with Crippen LogP contribution in [-0.4, -0.2) is 30.6 Å². The molecule has 5 N–H and O–H groups in total. The monoisotopic (exact) mass is 238 g/mol. The standard InChI is InChI=1S/C11H18N4O2/c1-7(5-6-17-2)14-11-8(12)3-4-9(15-11)10(13)16/h3-4,7H,5-6,12H2,1-2H3,(H2,13,16)(H,14,15). The Kier molecular flexibility index (Phi) is 4.71. The number of primary amides is 1. The van der Waals surface area contributed by atoms with Crippen molar-refractivity contribution < 1.29 is 9.53 Å². The van der Waals surface area contributed by atoms with Crippen LogP contribution in [0.3, 0.4) is 0 Å². The summed E-state index contributed by atoms with van der Waals surface area (Å²) in [5, 5.41) is 3.12. The molecular formula is C11H18N4O2. The average molecular weight is 238 g/mol. The molecule has 0 spiro atoms. The molecule has 0 aromatic carbocycles. The third kappa shape index (κ3) is 3.92. The largest absolute Gasteiger partial charge is 0.396 e.